The molecular weight excluding hydrogens is 394 g/mol. The fourth-order valence-corrected chi connectivity index (χ4v) is 6.25. The van der Waals surface area contributed by atoms with Gasteiger partial charge in [-0.3, -0.25) is 4.98 Å². The van der Waals surface area contributed by atoms with Crippen molar-refractivity contribution in [1.29, 1.82) is 0 Å². The summed E-state index contributed by atoms with van der Waals surface area (Å²) >= 11 is 1.92. The number of hydrogen-bond donors (Lipinski definition) is 0. The van der Waals surface area contributed by atoms with Crippen LogP contribution in [0.1, 0.15) is 12.8 Å². The number of nitrogens with zero attached hydrogens (tertiary/aromatic N) is 1. The largest absolute Gasteiger partial charge is 0.264 e. The molecule has 1 nitrogen and oxygen atoms in total. The Morgan fingerprint density at radius 1 is 0.613 bits per heavy atom. The lowest BCUT2D eigenvalue weighted by molar-refractivity contribution is 1.13. The third-order valence-corrected chi connectivity index (χ3v) is 7.75. The lowest BCUT2D eigenvalue weighted by Crippen LogP contribution is -2.20. The molecule has 31 heavy (non-hydrogen) atoms. The molecule has 1 aliphatic rings. The molecule has 0 saturated heterocycles. The van der Waals surface area contributed by atoms with E-state index in [2.05, 4.69) is 83.9 Å². The van der Waals surface area contributed by atoms with Gasteiger partial charge in [0.1, 0.15) is 0 Å². The molecule has 0 saturated carbocycles. The van der Waals surface area contributed by atoms with Crippen molar-refractivity contribution in [2.75, 3.05) is 0 Å². The first kappa shape index (κ1) is 17.2. The molecule has 2 aromatic heterocycles. The zero-order chi connectivity index (χ0) is 20.4. The van der Waals surface area contributed by atoms with Gasteiger partial charge in [-0.05, 0) is 80.4 Å². The molecule has 0 unspecified atom stereocenters. The van der Waals surface area contributed by atoms with Gasteiger partial charge >= 0.3 is 0 Å². The molecule has 0 bridgehead atoms. The van der Waals surface area contributed by atoms with Crippen LogP contribution in [-0.2, 0) is 0 Å². The maximum absolute atomic E-state index is 4.39. The Kier molecular flexibility index (Phi) is 3.61. The first-order valence-corrected chi connectivity index (χ1v) is 11.6. The van der Waals surface area contributed by atoms with Crippen molar-refractivity contribution in [3.63, 3.8) is 0 Å². The zero-order valence-corrected chi connectivity index (χ0v) is 17.7. The fraction of sp³-hybridized carbons (Fsp3) is 0.0690. The Morgan fingerprint density at radius 2 is 1.32 bits per heavy atom. The third-order valence-electron chi connectivity index (χ3n) is 6.57. The highest BCUT2D eigenvalue weighted by Crippen LogP contribution is 2.37. The number of rotatable bonds is 1. The van der Waals surface area contributed by atoms with Crippen molar-refractivity contribution in [2.45, 2.75) is 12.8 Å². The van der Waals surface area contributed by atoms with E-state index >= 15 is 0 Å². The normalized spacial score (nSPS) is 13.4. The highest BCUT2D eigenvalue weighted by Gasteiger charge is 2.11. The highest BCUT2D eigenvalue weighted by molar-refractivity contribution is 7.17. The Bertz CT molecular complexity index is 1750. The minimum atomic E-state index is 1.15. The van der Waals surface area contributed by atoms with Gasteiger partial charge < -0.3 is 0 Å². The lowest BCUT2D eigenvalue weighted by Gasteiger charge is -2.12. The zero-order valence-electron chi connectivity index (χ0n) is 16.9. The molecule has 2 heterocycles. The number of fused-ring (bicyclic) bond motifs is 9. The topological polar surface area (TPSA) is 12.9 Å². The maximum atomic E-state index is 4.39. The van der Waals surface area contributed by atoms with E-state index < -0.39 is 0 Å². The van der Waals surface area contributed by atoms with Crippen LogP contribution in [0.4, 0.5) is 0 Å². The van der Waals surface area contributed by atoms with Crippen molar-refractivity contribution in [3.8, 4) is 11.1 Å². The number of aromatic nitrogens is 1. The second kappa shape index (κ2) is 6.50. The molecule has 0 N–H and O–H groups in total. The molecule has 7 rings (SSSR count). The maximum Gasteiger partial charge on any atom is 0.0355 e. The Balaban J connectivity index is 1.54. The van der Waals surface area contributed by atoms with Crippen LogP contribution < -0.4 is 9.75 Å². The van der Waals surface area contributed by atoms with E-state index in [9.17, 15) is 0 Å². The molecule has 146 valence electrons. The van der Waals surface area contributed by atoms with Gasteiger partial charge in [-0.25, -0.2) is 0 Å². The predicted octanol–water partition coefficient (Wildman–Crippen LogP) is 6.78. The van der Waals surface area contributed by atoms with Crippen molar-refractivity contribution in [2.24, 2.45) is 0 Å². The van der Waals surface area contributed by atoms with Crippen LogP contribution in [0.15, 0.2) is 79.1 Å². The minimum Gasteiger partial charge on any atom is -0.264 e. The van der Waals surface area contributed by atoms with Crippen LogP contribution in [0.3, 0.4) is 0 Å². The first-order chi connectivity index (χ1) is 15.4. The molecule has 4 aromatic carbocycles. The molecule has 0 amide bonds. The summed E-state index contributed by atoms with van der Waals surface area (Å²) in [6.45, 7) is 0. The van der Waals surface area contributed by atoms with Crippen LogP contribution in [0.5, 0.6) is 0 Å². The van der Waals surface area contributed by atoms with Gasteiger partial charge in [-0.1, -0.05) is 54.6 Å². The van der Waals surface area contributed by atoms with Gasteiger partial charge in [-0.15, -0.1) is 11.3 Å². The summed E-state index contributed by atoms with van der Waals surface area (Å²) in [4.78, 5) is 4.39. The van der Waals surface area contributed by atoms with E-state index in [1.165, 1.54) is 63.3 Å². The van der Waals surface area contributed by atoms with Crippen LogP contribution >= 0.6 is 11.3 Å². The van der Waals surface area contributed by atoms with Crippen molar-refractivity contribution in [3.05, 3.63) is 88.9 Å². The van der Waals surface area contributed by atoms with E-state index in [0.29, 0.717) is 0 Å². The van der Waals surface area contributed by atoms with Gasteiger partial charge in [0.25, 0.3) is 0 Å². The Hall–Kier alpha value is -3.49. The van der Waals surface area contributed by atoms with Gasteiger partial charge in [-0.2, -0.15) is 0 Å². The molecule has 0 atom stereocenters. The molecule has 1 aliphatic carbocycles. The number of hydrogen-bond acceptors (Lipinski definition) is 2. The summed E-state index contributed by atoms with van der Waals surface area (Å²) in [5.41, 5.74) is 2.56. The molecule has 0 aliphatic heterocycles. The van der Waals surface area contributed by atoms with Crippen LogP contribution in [0.25, 0.3) is 65.7 Å². The molecular formula is C29H19NS. The quantitative estimate of drug-likeness (QED) is 0.271. The predicted molar refractivity (Wildman–Crippen MR) is 135 cm³/mol. The third kappa shape index (κ3) is 2.52. The lowest BCUT2D eigenvalue weighted by atomic mass is 9.92. The highest BCUT2D eigenvalue weighted by atomic mass is 32.1. The van der Waals surface area contributed by atoms with Crippen molar-refractivity contribution >= 4 is 65.9 Å². The smallest absolute Gasteiger partial charge is 0.0355 e. The summed E-state index contributed by atoms with van der Waals surface area (Å²) in [5.74, 6) is 0. The first-order valence-electron chi connectivity index (χ1n) is 10.8. The Labute approximate surface area is 183 Å². The van der Waals surface area contributed by atoms with Crippen LogP contribution in [0.2, 0.25) is 0 Å². The molecule has 0 fully saturated rings. The van der Waals surface area contributed by atoms with Crippen molar-refractivity contribution < 1.29 is 0 Å². The van der Waals surface area contributed by atoms with Gasteiger partial charge in [0, 0.05) is 32.4 Å². The van der Waals surface area contributed by atoms with E-state index in [4.69, 9.17) is 0 Å². The van der Waals surface area contributed by atoms with E-state index in [1.807, 2.05) is 23.7 Å². The van der Waals surface area contributed by atoms with Crippen molar-refractivity contribution in [1.82, 2.24) is 4.98 Å². The molecule has 2 heteroatoms. The number of benzene rings is 4. The Morgan fingerprint density at radius 3 is 2.23 bits per heavy atom. The second-order valence-corrected chi connectivity index (χ2v) is 9.39. The van der Waals surface area contributed by atoms with Gasteiger partial charge in [0.2, 0.25) is 0 Å². The molecule has 0 radical (unpaired) electrons. The van der Waals surface area contributed by atoms with E-state index in [0.717, 1.165) is 12.8 Å². The van der Waals surface area contributed by atoms with Gasteiger partial charge in [0.15, 0.2) is 0 Å². The molecule has 6 aromatic rings. The molecule has 0 spiro atoms. The van der Waals surface area contributed by atoms with E-state index in [1.54, 1.807) is 0 Å². The van der Waals surface area contributed by atoms with Crippen LogP contribution in [0, 0.1) is 0 Å². The standard InChI is InChI=1S/C29H19NS/c1-2-6-21-20(5-1)25-15-18(9-11-22(25)23-13-14-30-17-27(21)23)19-10-12-29-26(16-19)24-7-3-4-8-28(24)31-29/h1-2,5-17H,3-4H2. The number of pyridine rings is 1. The minimum absolute atomic E-state index is 1.15. The summed E-state index contributed by atoms with van der Waals surface area (Å²) in [6, 6.07) is 24.7. The average Bonchev–Trinajstić information content (AvgIpc) is 3.22. The van der Waals surface area contributed by atoms with Gasteiger partial charge in [0.05, 0.1) is 0 Å². The second-order valence-electron chi connectivity index (χ2n) is 8.30. The average molecular weight is 414 g/mol. The summed E-state index contributed by atoms with van der Waals surface area (Å²) in [6.07, 6.45) is 11.0. The van der Waals surface area contributed by atoms with Crippen LogP contribution in [-0.4, -0.2) is 4.98 Å². The fourth-order valence-electron chi connectivity index (χ4n) is 5.10. The van der Waals surface area contributed by atoms with E-state index in [-0.39, 0.29) is 0 Å². The summed E-state index contributed by atoms with van der Waals surface area (Å²) in [5, 5.41) is 10.5. The summed E-state index contributed by atoms with van der Waals surface area (Å²) < 4.78 is 2.82. The summed E-state index contributed by atoms with van der Waals surface area (Å²) in [7, 11) is 0. The monoisotopic (exact) mass is 413 g/mol. The SMILES string of the molecule is C1=c2sc3ccc(-c4ccc5c6ccncc6c6ccccc6c5c4)cc3c2=CCC1. The number of thiophene rings is 1.